The molecule has 0 spiro atoms. The monoisotopic (exact) mass is 598 g/mol. The molecule has 2 amide bonds. The number of rotatable bonds is 15. The summed E-state index contributed by atoms with van der Waals surface area (Å²) in [5.74, 6) is -1.90. The highest BCUT2D eigenvalue weighted by Gasteiger charge is 2.30. The second-order valence-corrected chi connectivity index (χ2v) is 10.8. The van der Waals surface area contributed by atoms with Crippen LogP contribution in [0.2, 0.25) is 10.0 Å². The topological polar surface area (TPSA) is 131 Å². The van der Waals surface area contributed by atoms with Gasteiger partial charge in [-0.3, -0.25) is 19.2 Å². The Morgan fingerprint density at radius 3 is 2.23 bits per heavy atom. The predicted molar refractivity (Wildman–Crippen MR) is 152 cm³/mol. The van der Waals surface area contributed by atoms with Crippen LogP contribution in [-0.4, -0.2) is 60.7 Å². The van der Waals surface area contributed by atoms with E-state index in [-0.39, 0.29) is 18.1 Å². The van der Waals surface area contributed by atoms with Crippen LogP contribution in [0.15, 0.2) is 36.4 Å². The zero-order chi connectivity index (χ0) is 29.1. The molecule has 2 rings (SSSR count). The van der Waals surface area contributed by atoms with E-state index < -0.39 is 42.1 Å². The Hall–Kier alpha value is -2.95. The van der Waals surface area contributed by atoms with Gasteiger partial charge >= 0.3 is 5.97 Å². The van der Waals surface area contributed by atoms with Crippen LogP contribution in [0.5, 0.6) is 11.5 Å². The largest absolute Gasteiger partial charge is 0.497 e. The molecule has 0 fully saturated rings. The maximum absolute atomic E-state index is 13.1. The molecule has 9 nitrogen and oxygen atoms in total. The minimum atomic E-state index is -1.28. The maximum Gasteiger partial charge on any atom is 0.305 e. The van der Waals surface area contributed by atoms with Crippen LogP contribution in [-0.2, 0) is 31.4 Å². The number of ether oxygens (including phenoxy) is 2. The molecule has 0 saturated carbocycles. The van der Waals surface area contributed by atoms with Gasteiger partial charge in [0.05, 0.1) is 38.9 Å². The van der Waals surface area contributed by atoms with Gasteiger partial charge in [-0.1, -0.05) is 43.1 Å². The number of carboxylic acid groups (broad SMARTS) is 1. The third kappa shape index (κ3) is 9.94. The summed E-state index contributed by atoms with van der Waals surface area (Å²) in [6.07, 6.45) is -0.687. The third-order valence-corrected chi connectivity index (χ3v) is 7.43. The lowest BCUT2D eigenvalue weighted by Gasteiger charge is -2.25. The van der Waals surface area contributed by atoms with Gasteiger partial charge in [0.25, 0.3) is 0 Å². The van der Waals surface area contributed by atoms with Gasteiger partial charge in [0, 0.05) is 21.4 Å². The van der Waals surface area contributed by atoms with E-state index in [1.807, 2.05) is 0 Å². The van der Waals surface area contributed by atoms with Gasteiger partial charge < -0.3 is 25.2 Å². The summed E-state index contributed by atoms with van der Waals surface area (Å²) in [7, 11) is 2.98. The summed E-state index contributed by atoms with van der Waals surface area (Å²) < 4.78 is 10.5. The summed E-state index contributed by atoms with van der Waals surface area (Å²) in [4.78, 5) is 50.3. The van der Waals surface area contributed by atoms with Gasteiger partial charge in [0.2, 0.25) is 11.8 Å². The van der Waals surface area contributed by atoms with Crippen LogP contribution in [0, 0.1) is 5.92 Å². The molecule has 2 atom stereocenters. The van der Waals surface area contributed by atoms with Crippen LogP contribution in [0.4, 0.5) is 0 Å². The van der Waals surface area contributed by atoms with Crippen molar-refractivity contribution < 1.29 is 33.8 Å². The Kier molecular flexibility index (Phi) is 12.9. The number of Topliss-reactive ketones (excluding diaryl/α,β-unsaturated/α-hetero) is 1. The normalized spacial score (nSPS) is 12.4. The van der Waals surface area contributed by atoms with Crippen molar-refractivity contribution in [1.82, 2.24) is 10.6 Å². The minimum absolute atomic E-state index is 0.0753. The summed E-state index contributed by atoms with van der Waals surface area (Å²) in [6, 6.07) is 7.83. The Balaban J connectivity index is 2.07. The van der Waals surface area contributed by atoms with Crippen molar-refractivity contribution in [3.63, 3.8) is 0 Å². The summed E-state index contributed by atoms with van der Waals surface area (Å²) in [5, 5.41) is 15.5. The molecule has 0 bridgehead atoms. The molecule has 0 radical (unpaired) electrons. The van der Waals surface area contributed by atoms with E-state index in [9.17, 15) is 24.3 Å². The van der Waals surface area contributed by atoms with Gasteiger partial charge in [-0.25, -0.2) is 0 Å². The summed E-state index contributed by atoms with van der Waals surface area (Å²) in [5.41, 5.74) is 1.22. The van der Waals surface area contributed by atoms with E-state index in [4.69, 9.17) is 32.7 Å². The average Bonchev–Trinajstić information content (AvgIpc) is 2.87. The first-order valence-corrected chi connectivity index (χ1v) is 13.9. The zero-order valence-corrected chi connectivity index (χ0v) is 24.4. The first-order valence-electron chi connectivity index (χ1n) is 12.0. The van der Waals surface area contributed by atoms with E-state index in [1.165, 1.54) is 26.0 Å². The molecular weight excluding hydrogens is 567 g/mol. The fourth-order valence-electron chi connectivity index (χ4n) is 3.66. The highest BCUT2D eigenvalue weighted by Crippen LogP contribution is 2.28. The number of halogens is 2. The highest BCUT2D eigenvalue weighted by atomic mass is 35.5. The maximum atomic E-state index is 13.1. The van der Waals surface area contributed by atoms with Crippen molar-refractivity contribution in [1.29, 1.82) is 0 Å². The summed E-state index contributed by atoms with van der Waals surface area (Å²) >= 11 is 13.5. The molecule has 0 aliphatic heterocycles. The number of hydrogen-bond acceptors (Lipinski definition) is 7. The van der Waals surface area contributed by atoms with Crippen molar-refractivity contribution in [2.24, 2.45) is 5.92 Å². The number of nitrogens with one attached hydrogen (secondary N) is 2. The molecule has 2 aromatic carbocycles. The van der Waals surface area contributed by atoms with Crippen molar-refractivity contribution >= 4 is 58.5 Å². The zero-order valence-electron chi connectivity index (χ0n) is 22.1. The van der Waals surface area contributed by atoms with Crippen molar-refractivity contribution in [2.45, 2.75) is 44.5 Å². The molecule has 0 aliphatic rings. The van der Waals surface area contributed by atoms with Gasteiger partial charge in [-0.15, -0.1) is 11.8 Å². The SMILES string of the molecule is COc1ccc(OC)c(CC(=O)N[C@H](C(=O)NC(CC(=O)O)C(=O)CSCc2c(Cl)cccc2Cl)C(C)C)c1. The smallest absolute Gasteiger partial charge is 0.305 e. The van der Waals surface area contributed by atoms with E-state index in [1.54, 1.807) is 50.2 Å². The van der Waals surface area contributed by atoms with Crippen LogP contribution >= 0.6 is 35.0 Å². The van der Waals surface area contributed by atoms with Crippen LogP contribution < -0.4 is 20.1 Å². The molecule has 0 aromatic heterocycles. The molecule has 39 heavy (non-hydrogen) atoms. The molecule has 212 valence electrons. The molecular formula is C27H32Cl2N2O7S. The Morgan fingerprint density at radius 1 is 1.00 bits per heavy atom. The van der Waals surface area contributed by atoms with Crippen LogP contribution in [0.25, 0.3) is 0 Å². The Labute approximate surface area is 241 Å². The van der Waals surface area contributed by atoms with Gasteiger partial charge in [-0.05, 0) is 41.8 Å². The number of thioether (sulfide) groups is 1. The number of ketones is 1. The van der Waals surface area contributed by atoms with Gasteiger partial charge in [-0.2, -0.15) is 0 Å². The van der Waals surface area contributed by atoms with Crippen molar-refractivity contribution in [3.05, 3.63) is 57.6 Å². The molecule has 0 aliphatic carbocycles. The summed E-state index contributed by atoms with van der Waals surface area (Å²) in [6.45, 7) is 3.46. The lowest BCUT2D eigenvalue weighted by atomic mass is 10.0. The second kappa shape index (κ2) is 15.6. The van der Waals surface area contributed by atoms with E-state index >= 15 is 0 Å². The standard InChI is InChI=1S/C27H32Cl2N2O7S/c1-15(2)26(31-24(33)11-16-10-17(37-3)8-9-23(16)38-4)27(36)30-21(12-25(34)35)22(32)14-39-13-18-19(28)6-5-7-20(18)29/h5-10,15,21,26H,11-14H2,1-4H3,(H,30,36)(H,31,33)(H,34,35)/t21?,26-/m0/s1. The molecule has 3 N–H and O–H groups in total. The van der Waals surface area contributed by atoms with Gasteiger partial charge in [0.15, 0.2) is 5.78 Å². The molecule has 1 unspecified atom stereocenters. The van der Waals surface area contributed by atoms with E-state index in [2.05, 4.69) is 10.6 Å². The highest BCUT2D eigenvalue weighted by molar-refractivity contribution is 7.99. The lowest BCUT2D eigenvalue weighted by Crippen LogP contribution is -2.54. The van der Waals surface area contributed by atoms with E-state index in [0.717, 1.165) is 0 Å². The van der Waals surface area contributed by atoms with Crippen LogP contribution in [0.3, 0.4) is 0 Å². The molecule has 2 aromatic rings. The number of carbonyl (C=O) groups excluding carboxylic acids is 3. The Morgan fingerprint density at radius 2 is 1.67 bits per heavy atom. The van der Waals surface area contributed by atoms with Crippen molar-refractivity contribution in [3.8, 4) is 11.5 Å². The van der Waals surface area contributed by atoms with E-state index in [0.29, 0.717) is 38.4 Å². The number of benzene rings is 2. The lowest BCUT2D eigenvalue weighted by molar-refractivity contribution is -0.140. The predicted octanol–water partition coefficient (Wildman–Crippen LogP) is 4.16. The third-order valence-electron chi connectivity index (χ3n) is 5.74. The molecule has 0 heterocycles. The average molecular weight is 600 g/mol. The first kappa shape index (κ1) is 32.3. The number of carbonyl (C=O) groups is 4. The van der Waals surface area contributed by atoms with Crippen LogP contribution in [0.1, 0.15) is 31.4 Å². The number of carboxylic acids is 1. The fraction of sp³-hybridized carbons (Fsp3) is 0.407. The number of hydrogen-bond donors (Lipinski definition) is 3. The minimum Gasteiger partial charge on any atom is -0.497 e. The second-order valence-electron chi connectivity index (χ2n) is 8.96. The molecule has 12 heteroatoms. The quantitative estimate of drug-likeness (QED) is 0.278. The van der Waals surface area contributed by atoms with Gasteiger partial charge in [0.1, 0.15) is 17.5 Å². The number of amides is 2. The molecule has 0 saturated heterocycles. The number of aliphatic carboxylic acids is 1. The fourth-order valence-corrected chi connectivity index (χ4v) is 5.37. The Bertz CT molecular complexity index is 1170. The number of methoxy groups -OCH3 is 2. The van der Waals surface area contributed by atoms with Crippen molar-refractivity contribution in [2.75, 3.05) is 20.0 Å². The first-order chi connectivity index (χ1) is 18.5.